The zero-order valence-corrected chi connectivity index (χ0v) is 10.8. The van der Waals surface area contributed by atoms with Crippen LogP contribution in [0.5, 0.6) is 0 Å². The van der Waals surface area contributed by atoms with Crippen LogP contribution in [0.3, 0.4) is 0 Å². The van der Waals surface area contributed by atoms with Gasteiger partial charge in [0.05, 0.1) is 16.8 Å². The molecule has 0 amide bonds. The molecule has 0 aliphatic carbocycles. The van der Waals surface area contributed by atoms with Crippen molar-refractivity contribution in [3.8, 4) is 0 Å². The molecule has 6 heteroatoms. The minimum atomic E-state index is -0.295. The lowest BCUT2D eigenvalue weighted by Gasteiger charge is -2.23. The second kappa shape index (κ2) is 4.92. The van der Waals surface area contributed by atoms with Crippen LogP contribution in [0, 0.1) is 0 Å². The first-order valence-electron chi connectivity index (χ1n) is 5.18. The number of nitrogens with zero attached hydrogens (tertiary/aromatic N) is 1. The van der Waals surface area contributed by atoms with E-state index in [9.17, 15) is 0 Å². The molecule has 3 rings (SSSR count). The minimum Gasteiger partial charge on any atom is -0.465 e. The van der Waals surface area contributed by atoms with Gasteiger partial charge in [0.25, 0.3) is 0 Å². The van der Waals surface area contributed by atoms with Gasteiger partial charge in [-0.3, -0.25) is 0 Å². The van der Waals surface area contributed by atoms with Gasteiger partial charge in [-0.05, 0) is 24.3 Å². The van der Waals surface area contributed by atoms with E-state index in [1.165, 1.54) is 0 Å². The van der Waals surface area contributed by atoms with E-state index in [1.54, 1.807) is 12.3 Å². The number of hydrogen-bond acceptors (Lipinski definition) is 4. The van der Waals surface area contributed by atoms with E-state index in [-0.39, 0.29) is 18.6 Å². The Morgan fingerprint density at radius 3 is 2.83 bits per heavy atom. The summed E-state index contributed by atoms with van der Waals surface area (Å²) in [7, 11) is 0. The number of nitrogens with two attached hydrogens (primary N) is 1. The number of aliphatic imine (C=N–C) groups is 1. The Hall–Kier alpha value is -1.65. The average Bonchev–Trinajstić information content (AvgIpc) is 2.81. The standard InChI is InChI=1S/C12H10ClN3O.ClH/c13-7-3-1-4-8-10(7)11(14)16-12(15-8)9-5-2-6-17-9;/h1-6,12,15H,(H2,14,16);1H. The fourth-order valence-corrected chi connectivity index (χ4v) is 2.14. The maximum Gasteiger partial charge on any atom is 0.179 e. The van der Waals surface area contributed by atoms with E-state index in [0.717, 1.165) is 17.0 Å². The quantitative estimate of drug-likeness (QED) is 0.845. The normalized spacial score (nSPS) is 17.2. The number of fused-ring (bicyclic) bond motifs is 1. The van der Waals surface area contributed by atoms with Gasteiger partial charge in [-0.15, -0.1) is 12.4 Å². The van der Waals surface area contributed by atoms with E-state index >= 15 is 0 Å². The molecule has 0 fully saturated rings. The maximum atomic E-state index is 6.09. The Balaban J connectivity index is 0.00000120. The predicted molar refractivity (Wildman–Crippen MR) is 74.5 cm³/mol. The second-order valence-electron chi connectivity index (χ2n) is 3.74. The van der Waals surface area contributed by atoms with Crippen molar-refractivity contribution in [3.05, 3.63) is 52.9 Å². The lowest BCUT2D eigenvalue weighted by Crippen LogP contribution is -2.25. The van der Waals surface area contributed by atoms with Gasteiger partial charge in [-0.1, -0.05) is 17.7 Å². The Morgan fingerprint density at radius 2 is 2.11 bits per heavy atom. The van der Waals surface area contributed by atoms with E-state index < -0.39 is 0 Å². The summed E-state index contributed by atoms with van der Waals surface area (Å²) in [4.78, 5) is 4.33. The van der Waals surface area contributed by atoms with Crippen LogP contribution in [0.2, 0.25) is 5.02 Å². The summed E-state index contributed by atoms with van der Waals surface area (Å²) in [6.45, 7) is 0. The number of rotatable bonds is 1. The zero-order valence-electron chi connectivity index (χ0n) is 9.26. The third-order valence-corrected chi connectivity index (χ3v) is 2.96. The van der Waals surface area contributed by atoms with Crippen molar-refractivity contribution in [1.29, 1.82) is 0 Å². The summed E-state index contributed by atoms with van der Waals surface area (Å²) in [6.07, 6.45) is 1.31. The van der Waals surface area contributed by atoms with Crippen LogP contribution in [-0.4, -0.2) is 5.84 Å². The summed E-state index contributed by atoms with van der Waals surface area (Å²) in [6, 6.07) is 9.24. The lowest BCUT2D eigenvalue weighted by molar-refractivity contribution is 0.484. The molecule has 4 nitrogen and oxygen atoms in total. The average molecular weight is 284 g/mol. The number of anilines is 1. The highest BCUT2D eigenvalue weighted by atomic mass is 35.5. The van der Waals surface area contributed by atoms with Gasteiger partial charge in [0.2, 0.25) is 0 Å². The fraction of sp³-hybridized carbons (Fsp3) is 0.0833. The van der Waals surface area contributed by atoms with Gasteiger partial charge in [-0.2, -0.15) is 0 Å². The first-order chi connectivity index (χ1) is 8.25. The smallest absolute Gasteiger partial charge is 0.179 e. The summed E-state index contributed by atoms with van der Waals surface area (Å²) in [5.74, 6) is 1.14. The van der Waals surface area contributed by atoms with Gasteiger partial charge < -0.3 is 15.5 Å². The molecular weight excluding hydrogens is 273 g/mol. The van der Waals surface area contributed by atoms with Crippen LogP contribution in [0.1, 0.15) is 17.5 Å². The Bertz CT molecular complexity index is 581. The van der Waals surface area contributed by atoms with E-state index in [2.05, 4.69) is 10.3 Å². The summed E-state index contributed by atoms with van der Waals surface area (Å²) in [5, 5.41) is 3.82. The van der Waals surface area contributed by atoms with Crippen LogP contribution in [0.25, 0.3) is 0 Å². The highest BCUT2D eigenvalue weighted by Gasteiger charge is 2.23. The highest BCUT2D eigenvalue weighted by Crippen LogP contribution is 2.32. The van der Waals surface area contributed by atoms with Gasteiger partial charge in [0, 0.05) is 5.69 Å². The predicted octanol–water partition coefficient (Wildman–Crippen LogP) is 3.18. The molecule has 18 heavy (non-hydrogen) atoms. The van der Waals surface area contributed by atoms with Crippen molar-refractivity contribution < 1.29 is 4.42 Å². The zero-order chi connectivity index (χ0) is 11.8. The van der Waals surface area contributed by atoms with E-state index in [1.807, 2.05) is 24.3 Å². The molecule has 1 aromatic heterocycles. The molecule has 1 aliphatic rings. The number of amidine groups is 1. The third kappa shape index (κ3) is 2.05. The molecule has 1 aromatic carbocycles. The molecular formula is C12H11Cl2N3O. The summed E-state index contributed by atoms with van der Waals surface area (Å²) < 4.78 is 5.31. The number of hydrogen-bond donors (Lipinski definition) is 2. The van der Waals surface area contributed by atoms with Crippen LogP contribution in [-0.2, 0) is 0 Å². The van der Waals surface area contributed by atoms with E-state index in [4.69, 9.17) is 21.8 Å². The van der Waals surface area contributed by atoms with Crippen molar-refractivity contribution in [2.24, 2.45) is 10.7 Å². The molecule has 0 saturated carbocycles. The van der Waals surface area contributed by atoms with Gasteiger partial charge in [0.15, 0.2) is 6.17 Å². The van der Waals surface area contributed by atoms with E-state index in [0.29, 0.717) is 10.9 Å². The summed E-state index contributed by atoms with van der Waals surface area (Å²) >= 11 is 6.09. The molecule has 94 valence electrons. The SMILES string of the molecule is Cl.NC1=NC(c2ccco2)Nc2cccc(Cl)c21. The van der Waals surface area contributed by atoms with Crippen LogP contribution >= 0.6 is 24.0 Å². The number of halogens is 2. The fourth-order valence-electron chi connectivity index (χ4n) is 1.87. The van der Waals surface area contributed by atoms with Crippen molar-refractivity contribution in [2.45, 2.75) is 6.17 Å². The van der Waals surface area contributed by atoms with Gasteiger partial charge >= 0.3 is 0 Å². The second-order valence-corrected chi connectivity index (χ2v) is 4.15. The molecule has 0 spiro atoms. The van der Waals surface area contributed by atoms with Crippen LogP contribution in [0.15, 0.2) is 46.0 Å². The largest absolute Gasteiger partial charge is 0.465 e. The van der Waals surface area contributed by atoms with Crippen LogP contribution in [0.4, 0.5) is 5.69 Å². The number of benzene rings is 1. The lowest BCUT2D eigenvalue weighted by atomic mass is 10.1. The molecule has 2 aromatic rings. The summed E-state index contributed by atoms with van der Waals surface area (Å²) in [5.41, 5.74) is 7.54. The first-order valence-corrected chi connectivity index (χ1v) is 5.55. The molecule has 3 N–H and O–H groups in total. The molecule has 0 radical (unpaired) electrons. The topological polar surface area (TPSA) is 63.5 Å². The molecule has 0 saturated heterocycles. The highest BCUT2D eigenvalue weighted by molar-refractivity contribution is 6.35. The molecule has 1 unspecified atom stereocenters. The molecule has 0 bridgehead atoms. The monoisotopic (exact) mass is 283 g/mol. The Labute approximate surface area is 115 Å². The third-order valence-electron chi connectivity index (χ3n) is 2.64. The molecule has 1 aliphatic heterocycles. The van der Waals surface area contributed by atoms with Gasteiger partial charge in [0.1, 0.15) is 11.6 Å². The molecule has 1 atom stereocenters. The first kappa shape index (κ1) is 12.8. The number of furan rings is 1. The Morgan fingerprint density at radius 1 is 1.28 bits per heavy atom. The Kier molecular flexibility index (Phi) is 3.50. The van der Waals surface area contributed by atoms with Crippen LogP contribution < -0.4 is 11.1 Å². The van der Waals surface area contributed by atoms with Gasteiger partial charge in [-0.25, -0.2) is 4.99 Å². The van der Waals surface area contributed by atoms with Crippen molar-refractivity contribution in [3.63, 3.8) is 0 Å². The molecule has 2 heterocycles. The maximum absolute atomic E-state index is 6.09. The number of nitrogens with one attached hydrogen (secondary N) is 1. The van der Waals surface area contributed by atoms with Crippen molar-refractivity contribution in [2.75, 3.05) is 5.32 Å². The van der Waals surface area contributed by atoms with Crippen molar-refractivity contribution in [1.82, 2.24) is 0 Å². The van der Waals surface area contributed by atoms with Crippen molar-refractivity contribution >= 4 is 35.5 Å². The minimum absolute atomic E-state index is 0.